The van der Waals surface area contributed by atoms with Crippen LogP contribution in [0.3, 0.4) is 0 Å². The maximum atomic E-state index is 14.0. The number of carbonyl (C=O) groups is 1. The molecular weight excluding hydrogens is 349 g/mol. The van der Waals surface area contributed by atoms with Crippen LogP contribution in [0.5, 0.6) is 0 Å². The van der Waals surface area contributed by atoms with Crippen molar-refractivity contribution in [3.05, 3.63) is 76.1 Å². The molecule has 2 aromatic heterocycles. The van der Waals surface area contributed by atoms with Crippen LogP contribution in [0.15, 0.2) is 53.5 Å². The molecule has 1 atom stereocenters. The molecule has 3 aromatic rings. The van der Waals surface area contributed by atoms with Gasteiger partial charge < -0.3 is 15.4 Å². The van der Waals surface area contributed by atoms with Gasteiger partial charge in [-0.25, -0.2) is 4.39 Å². The first-order valence-corrected chi connectivity index (χ1v) is 8.74. The minimum atomic E-state index is -0.595. The molecular formula is C20H18FN3O3. The van der Waals surface area contributed by atoms with E-state index < -0.39 is 23.2 Å². The SMILES string of the molecule is O=C(N[C@@H](c1ccccn1)C1CC(O)C1)c1cc(=O)c2cccc(F)c2[nH]1. The lowest BCUT2D eigenvalue weighted by Gasteiger charge is -2.37. The number of halogens is 1. The standard InChI is InChI=1S/C20H18FN3O3/c21-14-5-3-4-13-17(26)10-16(23-19(13)14)20(27)24-18(11-8-12(25)9-11)15-6-1-2-7-22-15/h1-7,10-12,18,25H,8-9H2,(H,23,26)(H,24,27)/t11?,12?,18-/m1/s1. The van der Waals surface area contributed by atoms with Crippen LogP contribution in [-0.4, -0.2) is 27.1 Å². The zero-order valence-corrected chi connectivity index (χ0v) is 14.4. The molecule has 0 spiro atoms. The molecule has 1 fully saturated rings. The molecule has 1 aliphatic carbocycles. The highest BCUT2D eigenvalue weighted by molar-refractivity contribution is 5.95. The summed E-state index contributed by atoms with van der Waals surface area (Å²) < 4.78 is 14.0. The summed E-state index contributed by atoms with van der Waals surface area (Å²) >= 11 is 0. The summed E-state index contributed by atoms with van der Waals surface area (Å²) in [6, 6.07) is 10.4. The van der Waals surface area contributed by atoms with Crippen LogP contribution in [0.1, 0.15) is 35.1 Å². The number of carbonyl (C=O) groups excluding carboxylic acids is 1. The fraction of sp³-hybridized carbons (Fsp3) is 0.250. The number of pyridine rings is 2. The summed E-state index contributed by atoms with van der Waals surface area (Å²) in [5.74, 6) is -1.07. The molecule has 27 heavy (non-hydrogen) atoms. The van der Waals surface area contributed by atoms with E-state index in [-0.39, 0.29) is 28.6 Å². The third-order valence-corrected chi connectivity index (χ3v) is 4.97. The van der Waals surface area contributed by atoms with Gasteiger partial charge in [-0.05, 0) is 43.0 Å². The summed E-state index contributed by atoms with van der Waals surface area (Å²) in [5.41, 5.74) is 0.237. The molecule has 2 heterocycles. The number of aliphatic hydroxyl groups excluding tert-OH is 1. The van der Waals surface area contributed by atoms with E-state index in [2.05, 4.69) is 15.3 Å². The second-order valence-corrected chi connectivity index (χ2v) is 6.80. The van der Waals surface area contributed by atoms with Gasteiger partial charge in [-0.15, -0.1) is 0 Å². The first-order chi connectivity index (χ1) is 13.0. The van der Waals surface area contributed by atoms with Gasteiger partial charge in [0.15, 0.2) is 5.43 Å². The lowest BCUT2D eigenvalue weighted by molar-refractivity contribution is 0.0228. The molecule has 138 valence electrons. The van der Waals surface area contributed by atoms with Crippen LogP contribution in [0.25, 0.3) is 10.9 Å². The average molecular weight is 367 g/mol. The third-order valence-electron chi connectivity index (χ3n) is 4.97. The van der Waals surface area contributed by atoms with Crippen molar-refractivity contribution >= 4 is 16.8 Å². The van der Waals surface area contributed by atoms with E-state index in [4.69, 9.17) is 0 Å². The van der Waals surface area contributed by atoms with Crippen LogP contribution in [0, 0.1) is 11.7 Å². The number of nitrogens with one attached hydrogen (secondary N) is 2. The number of nitrogens with zero attached hydrogens (tertiary/aromatic N) is 1. The highest BCUT2D eigenvalue weighted by atomic mass is 19.1. The topological polar surface area (TPSA) is 95.1 Å². The predicted octanol–water partition coefficient (Wildman–Crippen LogP) is 2.30. The minimum Gasteiger partial charge on any atom is -0.393 e. The van der Waals surface area contributed by atoms with E-state index in [1.54, 1.807) is 18.3 Å². The molecule has 0 aliphatic heterocycles. The number of hydrogen-bond acceptors (Lipinski definition) is 4. The van der Waals surface area contributed by atoms with Crippen LogP contribution >= 0.6 is 0 Å². The van der Waals surface area contributed by atoms with Crippen molar-refractivity contribution in [1.29, 1.82) is 0 Å². The van der Waals surface area contributed by atoms with E-state index in [0.29, 0.717) is 18.5 Å². The van der Waals surface area contributed by atoms with E-state index in [0.717, 1.165) is 0 Å². The Morgan fingerprint density at radius 2 is 2.07 bits per heavy atom. The summed E-state index contributed by atoms with van der Waals surface area (Å²) in [6.45, 7) is 0. The molecule has 0 unspecified atom stereocenters. The van der Waals surface area contributed by atoms with Crippen LogP contribution < -0.4 is 10.7 Å². The molecule has 0 saturated heterocycles. The van der Waals surface area contributed by atoms with Crippen molar-refractivity contribution in [2.24, 2.45) is 5.92 Å². The van der Waals surface area contributed by atoms with Crippen molar-refractivity contribution in [3.8, 4) is 0 Å². The zero-order valence-electron chi connectivity index (χ0n) is 14.4. The van der Waals surface area contributed by atoms with Crippen molar-refractivity contribution in [2.45, 2.75) is 25.0 Å². The zero-order chi connectivity index (χ0) is 19.0. The third kappa shape index (κ3) is 3.33. The Morgan fingerprint density at radius 1 is 1.26 bits per heavy atom. The number of fused-ring (bicyclic) bond motifs is 1. The van der Waals surface area contributed by atoms with Crippen LogP contribution in [0.4, 0.5) is 4.39 Å². The van der Waals surface area contributed by atoms with Crippen LogP contribution in [0.2, 0.25) is 0 Å². The van der Waals surface area contributed by atoms with E-state index in [1.807, 2.05) is 6.07 Å². The number of rotatable bonds is 4. The monoisotopic (exact) mass is 367 g/mol. The molecule has 1 amide bonds. The summed E-state index contributed by atoms with van der Waals surface area (Å²) in [4.78, 5) is 32.0. The van der Waals surface area contributed by atoms with Gasteiger partial charge in [-0.3, -0.25) is 14.6 Å². The van der Waals surface area contributed by atoms with E-state index in [1.165, 1.54) is 24.3 Å². The Morgan fingerprint density at radius 3 is 2.78 bits per heavy atom. The second kappa shape index (κ2) is 6.92. The Kier molecular flexibility index (Phi) is 4.45. The lowest BCUT2D eigenvalue weighted by Crippen LogP contribution is -2.42. The molecule has 1 saturated carbocycles. The van der Waals surface area contributed by atoms with E-state index in [9.17, 15) is 19.1 Å². The number of para-hydroxylation sites is 1. The quantitative estimate of drug-likeness (QED) is 0.659. The first kappa shape index (κ1) is 17.4. The van der Waals surface area contributed by atoms with Gasteiger partial charge in [-0.2, -0.15) is 0 Å². The van der Waals surface area contributed by atoms with Gasteiger partial charge in [0, 0.05) is 17.6 Å². The van der Waals surface area contributed by atoms with Gasteiger partial charge in [0.1, 0.15) is 11.5 Å². The van der Waals surface area contributed by atoms with Gasteiger partial charge in [0.2, 0.25) is 0 Å². The molecule has 4 rings (SSSR count). The molecule has 3 N–H and O–H groups in total. The van der Waals surface area contributed by atoms with Crippen molar-refractivity contribution in [2.75, 3.05) is 0 Å². The molecule has 0 radical (unpaired) electrons. The largest absolute Gasteiger partial charge is 0.393 e. The summed E-state index contributed by atoms with van der Waals surface area (Å²) in [6.07, 6.45) is 2.37. The van der Waals surface area contributed by atoms with Crippen molar-refractivity contribution < 1.29 is 14.3 Å². The molecule has 6 nitrogen and oxygen atoms in total. The molecule has 7 heteroatoms. The Balaban J connectivity index is 1.66. The van der Waals surface area contributed by atoms with Crippen molar-refractivity contribution in [1.82, 2.24) is 15.3 Å². The lowest BCUT2D eigenvalue weighted by atomic mass is 9.76. The average Bonchev–Trinajstić information content (AvgIpc) is 2.65. The van der Waals surface area contributed by atoms with Gasteiger partial charge >= 0.3 is 0 Å². The predicted molar refractivity (Wildman–Crippen MR) is 97.7 cm³/mol. The minimum absolute atomic E-state index is 0.00334. The molecule has 1 aliphatic rings. The highest BCUT2D eigenvalue weighted by Crippen LogP contribution is 2.37. The summed E-state index contributed by atoms with van der Waals surface area (Å²) in [7, 11) is 0. The van der Waals surface area contributed by atoms with E-state index >= 15 is 0 Å². The molecule has 1 aromatic carbocycles. The van der Waals surface area contributed by atoms with Gasteiger partial charge in [0.05, 0.1) is 23.4 Å². The summed E-state index contributed by atoms with van der Waals surface area (Å²) in [5, 5.41) is 12.7. The Hall–Kier alpha value is -3.06. The van der Waals surface area contributed by atoms with Gasteiger partial charge in [0.25, 0.3) is 5.91 Å². The van der Waals surface area contributed by atoms with Crippen molar-refractivity contribution in [3.63, 3.8) is 0 Å². The number of benzene rings is 1. The first-order valence-electron chi connectivity index (χ1n) is 8.74. The Labute approximate surface area is 154 Å². The number of H-pyrrole nitrogens is 1. The number of aliphatic hydroxyl groups is 1. The second-order valence-electron chi connectivity index (χ2n) is 6.80. The highest BCUT2D eigenvalue weighted by Gasteiger charge is 2.36. The number of aromatic nitrogens is 2. The Bertz CT molecular complexity index is 1050. The normalized spacial score (nSPS) is 20.1. The fourth-order valence-electron chi connectivity index (χ4n) is 3.47. The number of hydrogen-bond donors (Lipinski definition) is 3. The smallest absolute Gasteiger partial charge is 0.268 e. The number of aromatic amines is 1. The maximum Gasteiger partial charge on any atom is 0.268 e. The molecule has 0 bridgehead atoms. The number of amides is 1. The fourth-order valence-corrected chi connectivity index (χ4v) is 3.47. The van der Waals surface area contributed by atoms with Gasteiger partial charge in [-0.1, -0.05) is 12.1 Å². The maximum absolute atomic E-state index is 14.0. The van der Waals surface area contributed by atoms with Crippen LogP contribution in [-0.2, 0) is 0 Å².